The Bertz CT molecular complexity index is 665. The van der Waals surface area contributed by atoms with Gasteiger partial charge in [-0.2, -0.15) is 0 Å². The van der Waals surface area contributed by atoms with Gasteiger partial charge in [-0.3, -0.25) is 4.79 Å². The van der Waals surface area contributed by atoms with Gasteiger partial charge in [0.05, 0.1) is 5.56 Å². The van der Waals surface area contributed by atoms with E-state index in [1.807, 2.05) is 0 Å². The molecule has 0 spiro atoms. The third-order valence-electron chi connectivity index (χ3n) is 3.05. The van der Waals surface area contributed by atoms with Crippen molar-refractivity contribution in [2.45, 2.75) is 13.8 Å². The van der Waals surface area contributed by atoms with Gasteiger partial charge in [0, 0.05) is 11.3 Å². The van der Waals surface area contributed by atoms with Gasteiger partial charge in [0.15, 0.2) is 17.4 Å². The smallest absolute Gasteiger partial charge is 0.196 e. The first kappa shape index (κ1) is 13.2. The Morgan fingerprint density at radius 1 is 1.00 bits per heavy atom. The van der Waals surface area contributed by atoms with Crippen LogP contribution in [-0.4, -0.2) is 5.78 Å². The number of nitrogens with two attached hydrogens (primary N) is 1. The molecule has 0 aliphatic carbocycles. The van der Waals surface area contributed by atoms with Crippen LogP contribution in [0.4, 0.5) is 14.5 Å². The highest BCUT2D eigenvalue weighted by Gasteiger charge is 2.18. The molecule has 0 saturated carbocycles. The number of ketones is 1. The maximum absolute atomic E-state index is 13.8. The molecule has 2 aromatic carbocycles. The summed E-state index contributed by atoms with van der Waals surface area (Å²) in [7, 11) is 0. The highest BCUT2D eigenvalue weighted by Crippen LogP contribution is 2.21. The SMILES string of the molecule is Cc1cc(C(=O)c2ccc(C)c(F)c2F)ccc1N. The normalized spacial score (nSPS) is 10.5. The number of nitrogen functional groups attached to an aromatic ring is 1. The van der Waals surface area contributed by atoms with Crippen LogP contribution in [0.5, 0.6) is 0 Å². The van der Waals surface area contributed by atoms with Crippen molar-refractivity contribution in [1.82, 2.24) is 0 Å². The molecule has 0 aliphatic rings. The molecular weight excluding hydrogens is 248 g/mol. The topological polar surface area (TPSA) is 43.1 Å². The second kappa shape index (κ2) is 4.80. The highest BCUT2D eigenvalue weighted by molar-refractivity contribution is 6.09. The fourth-order valence-electron chi connectivity index (χ4n) is 1.79. The summed E-state index contributed by atoms with van der Waals surface area (Å²) in [4.78, 5) is 12.1. The number of aryl methyl sites for hydroxylation is 2. The Balaban J connectivity index is 2.50. The Morgan fingerprint density at radius 2 is 1.68 bits per heavy atom. The quantitative estimate of drug-likeness (QED) is 0.665. The van der Waals surface area contributed by atoms with Crippen LogP contribution >= 0.6 is 0 Å². The number of hydrogen-bond acceptors (Lipinski definition) is 2. The van der Waals surface area contributed by atoms with E-state index in [-0.39, 0.29) is 16.7 Å². The van der Waals surface area contributed by atoms with E-state index in [0.29, 0.717) is 5.69 Å². The van der Waals surface area contributed by atoms with Crippen LogP contribution in [0, 0.1) is 25.5 Å². The number of carbonyl (C=O) groups excluding carboxylic acids is 1. The zero-order valence-electron chi connectivity index (χ0n) is 10.6. The third-order valence-corrected chi connectivity index (χ3v) is 3.05. The molecule has 4 heteroatoms. The summed E-state index contributed by atoms with van der Waals surface area (Å²) in [6.45, 7) is 3.19. The average Bonchev–Trinajstić information content (AvgIpc) is 2.39. The minimum Gasteiger partial charge on any atom is -0.399 e. The van der Waals surface area contributed by atoms with Crippen molar-refractivity contribution < 1.29 is 13.6 Å². The van der Waals surface area contributed by atoms with Crippen LogP contribution in [0.25, 0.3) is 0 Å². The summed E-state index contributed by atoms with van der Waals surface area (Å²) >= 11 is 0. The molecule has 0 radical (unpaired) electrons. The number of benzene rings is 2. The molecule has 0 unspecified atom stereocenters. The van der Waals surface area contributed by atoms with Crippen molar-refractivity contribution in [2.24, 2.45) is 0 Å². The van der Waals surface area contributed by atoms with Crippen LogP contribution in [0.1, 0.15) is 27.0 Å². The van der Waals surface area contributed by atoms with Crippen LogP contribution in [0.2, 0.25) is 0 Å². The van der Waals surface area contributed by atoms with Crippen molar-refractivity contribution >= 4 is 11.5 Å². The molecule has 98 valence electrons. The largest absolute Gasteiger partial charge is 0.399 e. The summed E-state index contributed by atoms with van der Waals surface area (Å²) in [5.74, 6) is -2.66. The molecule has 0 aromatic heterocycles. The molecule has 0 atom stereocenters. The molecule has 2 aromatic rings. The number of hydrogen-bond donors (Lipinski definition) is 1. The Kier molecular flexibility index (Phi) is 3.34. The van der Waals surface area contributed by atoms with Gasteiger partial charge in [-0.05, 0) is 49.2 Å². The van der Waals surface area contributed by atoms with E-state index in [4.69, 9.17) is 5.73 Å². The number of anilines is 1. The molecular formula is C15H13F2NO. The number of rotatable bonds is 2. The molecule has 0 saturated heterocycles. The highest BCUT2D eigenvalue weighted by atomic mass is 19.2. The second-order valence-corrected chi connectivity index (χ2v) is 4.46. The van der Waals surface area contributed by atoms with Gasteiger partial charge in [-0.1, -0.05) is 6.07 Å². The van der Waals surface area contributed by atoms with Crippen molar-refractivity contribution in [2.75, 3.05) is 5.73 Å². The minimum atomic E-state index is -1.11. The van der Waals surface area contributed by atoms with Crippen LogP contribution < -0.4 is 5.73 Å². The first-order chi connectivity index (χ1) is 8.91. The van der Waals surface area contributed by atoms with Crippen LogP contribution in [0.15, 0.2) is 30.3 Å². The first-order valence-electron chi connectivity index (χ1n) is 5.77. The Labute approximate surface area is 109 Å². The van der Waals surface area contributed by atoms with Crippen molar-refractivity contribution in [1.29, 1.82) is 0 Å². The van der Waals surface area contributed by atoms with E-state index in [0.717, 1.165) is 5.56 Å². The van der Waals surface area contributed by atoms with E-state index < -0.39 is 17.4 Å². The molecule has 2 rings (SSSR count). The van der Waals surface area contributed by atoms with Crippen molar-refractivity contribution in [3.8, 4) is 0 Å². The molecule has 0 aliphatic heterocycles. The lowest BCUT2D eigenvalue weighted by Gasteiger charge is -2.07. The zero-order valence-corrected chi connectivity index (χ0v) is 10.6. The third kappa shape index (κ3) is 2.34. The molecule has 19 heavy (non-hydrogen) atoms. The Morgan fingerprint density at radius 3 is 2.32 bits per heavy atom. The van der Waals surface area contributed by atoms with E-state index in [1.165, 1.54) is 25.1 Å². The molecule has 0 bridgehead atoms. The average molecular weight is 261 g/mol. The molecule has 2 nitrogen and oxygen atoms in total. The summed E-state index contributed by atoms with van der Waals surface area (Å²) in [5.41, 5.74) is 7.11. The van der Waals surface area contributed by atoms with E-state index >= 15 is 0 Å². The maximum atomic E-state index is 13.8. The molecule has 0 amide bonds. The number of carbonyl (C=O) groups is 1. The van der Waals surface area contributed by atoms with Gasteiger partial charge < -0.3 is 5.73 Å². The lowest BCUT2D eigenvalue weighted by Crippen LogP contribution is -2.07. The summed E-state index contributed by atoms with van der Waals surface area (Å²) in [6, 6.07) is 7.32. The Hall–Kier alpha value is -2.23. The van der Waals surface area contributed by atoms with E-state index in [9.17, 15) is 13.6 Å². The fraction of sp³-hybridized carbons (Fsp3) is 0.133. The summed E-state index contributed by atoms with van der Waals surface area (Å²) in [5, 5.41) is 0. The van der Waals surface area contributed by atoms with Gasteiger partial charge >= 0.3 is 0 Å². The van der Waals surface area contributed by atoms with Crippen LogP contribution in [0.3, 0.4) is 0 Å². The lowest BCUT2D eigenvalue weighted by atomic mass is 9.99. The molecule has 2 N–H and O–H groups in total. The maximum Gasteiger partial charge on any atom is 0.196 e. The number of halogens is 2. The fourth-order valence-corrected chi connectivity index (χ4v) is 1.79. The van der Waals surface area contributed by atoms with Gasteiger partial charge in [0.25, 0.3) is 0 Å². The molecule has 0 fully saturated rings. The van der Waals surface area contributed by atoms with Crippen molar-refractivity contribution in [3.05, 3.63) is 64.2 Å². The zero-order chi connectivity index (χ0) is 14.2. The van der Waals surface area contributed by atoms with E-state index in [1.54, 1.807) is 19.1 Å². The van der Waals surface area contributed by atoms with Gasteiger partial charge in [0.1, 0.15) is 0 Å². The van der Waals surface area contributed by atoms with Gasteiger partial charge in [-0.25, -0.2) is 8.78 Å². The summed E-state index contributed by atoms with van der Waals surface area (Å²) in [6.07, 6.45) is 0. The second-order valence-electron chi connectivity index (χ2n) is 4.46. The van der Waals surface area contributed by atoms with Crippen LogP contribution in [-0.2, 0) is 0 Å². The lowest BCUT2D eigenvalue weighted by molar-refractivity contribution is 0.103. The van der Waals surface area contributed by atoms with Crippen molar-refractivity contribution in [3.63, 3.8) is 0 Å². The monoisotopic (exact) mass is 261 g/mol. The minimum absolute atomic E-state index is 0.169. The van der Waals surface area contributed by atoms with Gasteiger partial charge in [-0.15, -0.1) is 0 Å². The standard InChI is InChI=1S/C15H13F2NO/c1-8-3-5-11(14(17)13(8)16)15(19)10-4-6-12(18)9(2)7-10/h3-7H,18H2,1-2H3. The summed E-state index contributed by atoms with van der Waals surface area (Å²) < 4.78 is 27.2. The molecule has 0 heterocycles. The van der Waals surface area contributed by atoms with Gasteiger partial charge in [0.2, 0.25) is 0 Å². The predicted octanol–water partition coefficient (Wildman–Crippen LogP) is 3.39. The first-order valence-corrected chi connectivity index (χ1v) is 5.77. The predicted molar refractivity (Wildman–Crippen MR) is 70.1 cm³/mol. The van der Waals surface area contributed by atoms with E-state index in [2.05, 4.69) is 0 Å².